The lowest BCUT2D eigenvalue weighted by atomic mass is 10.3. The molecule has 1 heterocycles. The summed E-state index contributed by atoms with van der Waals surface area (Å²) in [5.41, 5.74) is 0. The van der Waals surface area contributed by atoms with E-state index in [0.29, 0.717) is 5.82 Å². The molecule has 0 spiro atoms. The fourth-order valence-electron chi connectivity index (χ4n) is 1.44. The minimum atomic E-state index is -0.705. The second-order valence-electron chi connectivity index (χ2n) is 3.88. The molecule has 4 nitrogen and oxygen atoms in total. The highest BCUT2D eigenvalue weighted by Gasteiger charge is 2.05. The molecule has 0 atom stereocenters. The first-order chi connectivity index (χ1) is 9.17. The Labute approximate surface area is 109 Å². The van der Waals surface area contributed by atoms with Gasteiger partial charge >= 0.3 is 0 Å². The van der Waals surface area contributed by atoms with Crippen LogP contribution in [0.4, 0.5) is 14.6 Å². The van der Waals surface area contributed by atoms with Gasteiger partial charge in [-0.15, -0.1) is 0 Å². The molecule has 0 bridgehead atoms. The normalized spacial score (nSPS) is 10.3. The quantitative estimate of drug-likeness (QED) is 0.900. The summed E-state index contributed by atoms with van der Waals surface area (Å²) in [7, 11) is 0. The van der Waals surface area contributed by atoms with Crippen LogP contribution in [-0.2, 0) is 0 Å². The van der Waals surface area contributed by atoms with E-state index in [1.807, 2.05) is 6.92 Å². The van der Waals surface area contributed by atoms with Crippen LogP contribution in [0, 0.1) is 11.6 Å². The number of benzene rings is 1. The third kappa shape index (κ3) is 3.87. The van der Waals surface area contributed by atoms with Crippen LogP contribution in [0.3, 0.4) is 0 Å². The minimum absolute atomic E-state index is 0.0411. The number of anilines is 1. The largest absolute Gasteiger partial charge is 0.437 e. The molecule has 0 aliphatic heterocycles. The summed E-state index contributed by atoms with van der Waals surface area (Å²) in [6.45, 7) is 2.78. The van der Waals surface area contributed by atoms with Crippen molar-refractivity contribution >= 4 is 5.82 Å². The Morgan fingerprint density at radius 2 is 1.89 bits per heavy atom. The van der Waals surface area contributed by atoms with Gasteiger partial charge in [-0.3, -0.25) is 4.98 Å². The van der Waals surface area contributed by atoms with Crippen LogP contribution in [0.2, 0.25) is 0 Å². The highest BCUT2D eigenvalue weighted by atomic mass is 19.1. The van der Waals surface area contributed by atoms with Gasteiger partial charge in [0.15, 0.2) is 0 Å². The van der Waals surface area contributed by atoms with E-state index in [-0.39, 0.29) is 11.6 Å². The third-order valence-corrected chi connectivity index (χ3v) is 2.23. The van der Waals surface area contributed by atoms with Crippen molar-refractivity contribution in [1.29, 1.82) is 0 Å². The highest BCUT2D eigenvalue weighted by molar-refractivity contribution is 5.35. The molecule has 0 saturated carbocycles. The SMILES string of the molecule is CCCNc1cncc(Oc2cc(F)cc(F)c2)n1. The Morgan fingerprint density at radius 1 is 1.16 bits per heavy atom. The molecule has 0 radical (unpaired) electrons. The zero-order chi connectivity index (χ0) is 13.7. The summed E-state index contributed by atoms with van der Waals surface area (Å²) in [4.78, 5) is 8.07. The van der Waals surface area contributed by atoms with E-state index >= 15 is 0 Å². The summed E-state index contributed by atoms with van der Waals surface area (Å²) in [5, 5.41) is 3.04. The van der Waals surface area contributed by atoms with E-state index in [4.69, 9.17) is 4.74 Å². The van der Waals surface area contributed by atoms with E-state index in [1.54, 1.807) is 6.20 Å². The average molecular weight is 265 g/mol. The molecule has 0 saturated heterocycles. The van der Waals surface area contributed by atoms with Crippen molar-refractivity contribution in [2.75, 3.05) is 11.9 Å². The van der Waals surface area contributed by atoms with Crippen molar-refractivity contribution in [3.63, 3.8) is 0 Å². The number of hydrogen-bond acceptors (Lipinski definition) is 4. The van der Waals surface area contributed by atoms with Gasteiger partial charge in [-0.25, -0.2) is 8.78 Å². The lowest BCUT2D eigenvalue weighted by Gasteiger charge is -2.07. The molecule has 1 aromatic heterocycles. The molecule has 100 valence electrons. The second kappa shape index (κ2) is 6.08. The molecule has 1 N–H and O–H groups in total. The molecule has 1 aromatic carbocycles. The molecule has 0 amide bonds. The van der Waals surface area contributed by atoms with Crippen LogP contribution in [-0.4, -0.2) is 16.5 Å². The number of ether oxygens (including phenoxy) is 1. The molecule has 0 fully saturated rings. The molecule has 0 aliphatic rings. The first-order valence-electron chi connectivity index (χ1n) is 5.87. The summed E-state index contributed by atoms with van der Waals surface area (Å²) in [5.74, 6) is -0.645. The maximum absolute atomic E-state index is 13.0. The van der Waals surface area contributed by atoms with Crippen molar-refractivity contribution in [2.24, 2.45) is 0 Å². The Morgan fingerprint density at radius 3 is 2.58 bits per heavy atom. The van der Waals surface area contributed by atoms with Crippen LogP contribution < -0.4 is 10.1 Å². The first kappa shape index (κ1) is 13.2. The van der Waals surface area contributed by atoms with Gasteiger partial charge in [0.25, 0.3) is 0 Å². The first-order valence-corrected chi connectivity index (χ1v) is 5.87. The van der Waals surface area contributed by atoms with Gasteiger partial charge in [-0.1, -0.05) is 6.92 Å². The maximum Gasteiger partial charge on any atom is 0.239 e. The fourth-order valence-corrected chi connectivity index (χ4v) is 1.44. The summed E-state index contributed by atoms with van der Waals surface area (Å²) in [6, 6.07) is 2.94. The Bertz CT molecular complexity index is 543. The molecule has 6 heteroatoms. The summed E-state index contributed by atoms with van der Waals surface area (Å²) in [6.07, 6.45) is 3.87. The number of halogens is 2. The second-order valence-corrected chi connectivity index (χ2v) is 3.88. The number of rotatable bonds is 5. The molecular weight excluding hydrogens is 252 g/mol. The van der Waals surface area contributed by atoms with Crippen LogP contribution in [0.1, 0.15) is 13.3 Å². The Kier molecular flexibility index (Phi) is 4.22. The third-order valence-electron chi connectivity index (χ3n) is 2.23. The van der Waals surface area contributed by atoms with Crippen molar-refractivity contribution in [2.45, 2.75) is 13.3 Å². The van der Waals surface area contributed by atoms with Gasteiger partial charge < -0.3 is 10.1 Å². The van der Waals surface area contributed by atoms with Crippen molar-refractivity contribution in [3.05, 3.63) is 42.2 Å². The van der Waals surface area contributed by atoms with Crippen LogP contribution in [0.15, 0.2) is 30.6 Å². The Balaban J connectivity index is 2.13. The van der Waals surface area contributed by atoms with Gasteiger partial charge in [0.05, 0.1) is 12.4 Å². The topological polar surface area (TPSA) is 47.0 Å². The van der Waals surface area contributed by atoms with Crippen molar-refractivity contribution < 1.29 is 13.5 Å². The Hall–Kier alpha value is -2.24. The van der Waals surface area contributed by atoms with Gasteiger partial charge in [0.2, 0.25) is 5.88 Å². The number of aromatic nitrogens is 2. The smallest absolute Gasteiger partial charge is 0.239 e. The highest BCUT2D eigenvalue weighted by Crippen LogP contribution is 2.21. The standard InChI is InChI=1S/C13H13F2N3O/c1-2-3-17-12-7-16-8-13(18-12)19-11-5-9(14)4-10(15)6-11/h4-8H,2-3H2,1H3,(H,17,18). The van der Waals surface area contributed by atoms with Gasteiger partial charge in [-0.05, 0) is 6.42 Å². The average Bonchev–Trinajstić information content (AvgIpc) is 2.35. The predicted octanol–water partition coefficient (Wildman–Crippen LogP) is 3.37. The van der Waals surface area contributed by atoms with E-state index in [1.165, 1.54) is 6.20 Å². The van der Waals surface area contributed by atoms with E-state index in [2.05, 4.69) is 15.3 Å². The summed E-state index contributed by atoms with van der Waals surface area (Å²) >= 11 is 0. The van der Waals surface area contributed by atoms with Crippen LogP contribution in [0.5, 0.6) is 11.6 Å². The van der Waals surface area contributed by atoms with Crippen molar-refractivity contribution in [1.82, 2.24) is 9.97 Å². The zero-order valence-corrected chi connectivity index (χ0v) is 10.4. The van der Waals surface area contributed by atoms with Gasteiger partial charge in [0, 0.05) is 24.7 Å². The molecule has 0 unspecified atom stereocenters. The molecular formula is C13H13F2N3O. The fraction of sp³-hybridized carbons (Fsp3) is 0.231. The van der Waals surface area contributed by atoms with Crippen molar-refractivity contribution in [3.8, 4) is 11.6 Å². The predicted molar refractivity (Wildman–Crippen MR) is 67.2 cm³/mol. The molecule has 2 aromatic rings. The van der Waals surface area contributed by atoms with Gasteiger partial charge in [0.1, 0.15) is 23.2 Å². The van der Waals surface area contributed by atoms with E-state index < -0.39 is 11.6 Å². The molecule has 19 heavy (non-hydrogen) atoms. The maximum atomic E-state index is 13.0. The van der Waals surface area contributed by atoms with E-state index in [9.17, 15) is 8.78 Å². The lowest BCUT2D eigenvalue weighted by molar-refractivity contribution is 0.449. The number of nitrogens with one attached hydrogen (secondary N) is 1. The van der Waals surface area contributed by atoms with Gasteiger partial charge in [-0.2, -0.15) is 4.98 Å². The monoisotopic (exact) mass is 265 g/mol. The van der Waals surface area contributed by atoms with E-state index in [0.717, 1.165) is 31.2 Å². The molecule has 2 rings (SSSR count). The summed E-state index contributed by atoms with van der Waals surface area (Å²) < 4.78 is 31.3. The zero-order valence-electron chi connectivity index (χ0n) is 10.4. The van der Waals surface area contributed by atoms with Crippen LogP contribution >= 0.6 is 0 Å². The number of hydrogen-bond donors (Lipinski definition) is 1. The van der Waals surface area contributed by atoms with Crippen LogP contribution in [0.25, 0.3) is 0 Å². The molecule has 0 aliphatic carbocycles. The number of nitrogens with zero attached hydrogens (tertiary/aromatic N) is 2. The minimum Gasteiger partial charge on any atom is -0.437 e. The lowest BCUT2D eigenvalue weighted by Crippen LogP contribution is -2.03.